The molecule has 0 aliphatic carbocycles. The third kappa shape index (κ3) is 3.91. The molecule has 1 aromatic rings. The predicted octanol–water partition coefficient (Wildman–Crippen LogP) is -1.70. The molecule has 1 unspecified atom stereocenters. The molecule has 1 saturated heterocycles. The Morgan fingerprint density at radius 2 is 2.20 bits per heavy atom. The zero-order chi connectivity index (χ0) is 22.0. The third-order valence-electron chi connectivity index (χ3n) is 4.04. The zero-order valence-corrected chi connectivity index (χ0v) is 16.5. The second kappa shape index (κ2) is 8.40. The average Bonchev–Trinajstić information content (AvgIpc) is 3.13. The Balaban J connectivity index is 1.77. The van der Waals surface area contributed by atoms with E-state index in [1.165, 1.54) is 25.8 Å². The smallest absolute Gasteiger partial charge is 0.352 e. The number of nitrogens with one attached hydrogen (secondary N) is 1. The van der Waals surface area contributed by atoms with Gasteiger partial charge in [0, 0.05) is 18.2 Å². The number of aliphatic carboxylic acids is 1. The molecule has 160 valence electrons. The van der Waals surface area contributed by atoms with Crippen LogP contribution in [0.15, 0.2) is 20.9 Å². The molecule has 15 heteroatoms. The lowest BCUT2D eigenvalue weighted by molar-refractivity contribution is -0.150. The number of carboxylic acids is 1. The van der Waals surface area contributed by atoms with Crippen molar-refractivity contribution in [3.8, 4) is 0 Å². The van der Waals surface area contributed by atoms with Crippen LogP contribution in [-0.2, 0) is 28.8 Å². The first kappa shape index (κ1) is 21.1. The molecule has 0 aromatic carbocycles. The number of carboxylic acid groups (broad SMARTS) is 1. The summed E-state index contributed by atoms with van der Waals surface area (Å²) in [5.41, 5.74) is 4.96. The van der Waals surface area contributed by atoms with Crippen LogP contribution in [0.4, 0.5) is 6.01 Å². The van der Waals surface area contributed by atoms with E-state index in [-0.39, 0.29) is 41.2 Å². The fraction of sp³-hybridized carbons (Fsp3) is 0.400. The molecule has 2 amide bonds. The number of carbonyl (C=O) groups is 4. The van der Waals surface area contributed by atoms with E-state index in [0.717, 1.165) is 4.90 Å². The van der Waals surface area contributed by atoms with Crippen molar-refractivity contribution in [1.82, 2.24) is 20.4 Å². The molecule has 4 N–H and O–H groups in total. The molecule has 0 spiro atoms. The van der Waals surface area contributed by atoms with Crippen molar-refractivity contribution < 1.29 is 38.4 Å². The van der Waals surface area contributed by atoms with Gasteiger partial charge >= 0.3 is 18.0 Å². The minimum absolute atomic E-state index is 0.191. The molecule has 2 atom stereocenters. The van der Waals surface area contributed by atoms with Crippen molar-refractivity contribution in [3.05, 3.63) is 17.1 Å². The molecule has 14 nitrogen and oxygen atoms in total. The molecular formula is C15H16N6O8S. The van der Waals surface area contributed by atoms with E-state index in [2.05, 4.69) is 30.0 Å². The van der Waals surface area contributed by atoms with E-state index < -0.39 is 35.2 Å². The maximum atomic E-state index is 12.6. The lowest BCUT2D eigenvalue weighted by atomic mass is 10.0. The van der Waals surface area contributed by atoms with E-state index >= 15 is 0 Å². The number of hydrogen-bond donors (Lipinski definition) is 3. The van der Waals surface area contributed by atoms with Crippen LogP contribution < -0.4 is 11.1 Å². The molecule has 3 rings (SSSR count). The fourth-order valence-corrected chi connectivity index (χ4v) is 4.13. The minimum Gasteiger partial charge on any atom is -0.477 e. The quantitative estimate of drug-likeness (QED) is 0.188. The number of carbonyl (C=O) groups excluding carboxylic acids is 3. The summed E-state index contributed by atoms with van der Waals surface area (Å²) >= 11 is 1.21. The van der Waals surface area contributed by atoms with Crippen molar-refractivity contribution in [3.63, 3.8) is 0 Å². The highest BCUT2D eigenvalue weighted by molar-refractivity contribution is 8.00. The minimum atomic E-state index is -1.34. The summed E-state index contributed by atoms with van der Waals surface area (Å²) in [5, 5.41) is 18.3. The van der Waals surface area contributed by atoms with Gasteiger partial charge in [-0.2, -0.15) is 4.98 Å². The van der Waals surface area contributed by atoms with Crippen molar-refractivity contribution in [2.45, 2.75) is 18.3 Å². The summed E-state index contributed by atoms with van der Waals surface area (Å²) in [6.45, 7) is 0.942. The maximum absolute atomic E-state index is 12.6. The van der Waals surface area contributed by atoms with Gasteiger partial charge < -0.3 is 30.3 Å². The van der Waals surface area contributed by atoms with Crippen LogP contribution in [0.2, 0.25) is 0 Å². The number of esters is 1. The fourth-order valence-electron chi connectivity index (χ4n) is 2.80. The number of fused-ring (bicyclic) bond motifs is 1. The molecule has 2 aliphatic heterocycles. The summed E-state index contributed by atoms with van der Waals surface area (Å²) in [5.74, 6) is -3.47. The van der Waals surface area contributed by atoms with Crippen LogP contribution in [0, 0.1) is 0 Å². The molecule has 0 radical (unpaired) electrons. The number of nitrogen functional groups attached to an aromatic ring is 1. The van der Waals surface area contributed by atoms with Crippen LogP contribution in [0.1, 0.15) is 12.7 Å². The molecule has 3 heterocycles. The highest BCUT2D eigenvalue weighted by atomic mass is 32.2. The lowest BCUT2D eigenvalue weighted by Crippen LogP contribution is -2.71. The van der Waals surface area contributed by atoms with Crippen molar-refractivity contribution in [2.24, 2.45) is 5.16 Å². The average molecular weight is 440 g/mol. The number of oxime groups is 1. The van der Waals surface area contributed by atoms with E-state index in [1.807, 2.05) is 0 Å². The van der Waals surface area contributed by atoms with Gasteiger partial charge in [0.25, 0.3) is 11.8 Å². The number of ether oxygens (including phenoxy) is 1. The van der Waals surface area contributed by atoms with Gasteiger partial charge in [0.1, 0.15) is 30.8 Å². The van der Waals surface area contributed by atoms with Crippen LogP contribution in [-0.4, -0.2) is 80.5 Å². The number of amides is 2. The predicted molar refractivity (Wildman–Crippen MR) is 98.6 cm³/mol. The van der Waals surface area contributed by atoms with Gasteiger partial charge in [-0.1, -0.05) is 10.3 Å². The van der Waals surface area contributed by atoms with Gasteiger partial charge in [-0.3, -0.25) is 19.3 Å². The largest absolute Gasteiger partial charge is 0.477 e. The van der Waals surface area contributed by atoms with Gasteiger partial charge in [0.05, 0.1) is 0 Å². The first-order valence-corrected chi connectivity index (χ1v) is 9.34. The summed E-state index contributed by atoms with van der Waals surface area (Å²) in [7, 11) is 1.19. The Bertz CT molecular complexity index is 972. The second-order valence-electron chi connectivity index (χ2n) is 5.98. The molecule has 0 bridgehead atoms. The molecule has 30 heavy (non-hydrogen) atoms. The molecular weight excluding hydrogens is 424 g/mol. The number of nitrogens with zero attached hydrogens (tertiary/aromatic N) is 4. The van der Waals surface area contributed by atoms with Crippen LogP contribution >= 0.6 is 11.8 Å². The standard InChI is InChI=1S/C15H16N6O8S/c1-5(22)28-3-6-4-30-13-8(12(24)21(13)9(6)14(25)26)17-11(23)7(19-27-2)10-18-15(16)29-20-10/h8,13H,3-4H2,1-2H3,(H,17,23)(H,25,26)(H2,16,18,20)/b19-7-/t8?,13-/m0/s1. The number of aromatic nitrogens is 2. The van der Waals surface area contributed by atoms with Crippen molar-refractivity contribution >= 4 is 47.2 Å². The van der Waals surface area contributed by atoms with Crippen LogP contribution in [0.3, 0.4) is 0 Å². The van der Waals surface area contributed by atoms with E-state index in [1.54, 1.807) is 0 Å². The Morgan fingerprint density at radius 1 is 1.47 bits per heavy atom. The highest BCUT2D eigenvalue weighted by Gasteiger charge is 2.54. The number of anilines is 1. The summed E-state index contributed by atoms with van der Waals surface area (Å²) in [4.78, 5) is 57.2. The summed E-state index contributed by atoms with van der Waals surface area (Å²) in [6.07, 6.45) is 0. The Hall–Kier alpha value is -3.62. The summed E-state index contributed by atoms with van der Waals surface area (Å²) < 4.78 is 9.46. The second-order valence-corrected chi connectivity index (χ2v) is 7.08. The number of β-lactam (4-membered cyclic amide) rings is 1. The summed E-state index contributed by atoms with van der Waals surface area (Å²) in [6, 6.07) is -1.33. The first-order valence-electron chi connectivity index (χ1n) is 8.29. The highest BCUT2D eigenvalue weighted by Crippen LogP contribution is 2.40. The van der Waals surface area contributed by atoms with E-state index in [0.29, 0.717) is 0 Å². The van der Waals surface area contributed by atoms with Gasteiger partial charge in [-0.25, -0.2) is 4.79 Å². The molecule has 0 saturated carbocycles. The van der Waals surface area contributed by atoms with Gasteiger partial charge in [0.15, 0.2) is 0 Å². The molecule has 2 aliphatic rings. The van der Waals surface area contributed by atoms with Crippen LogP contribution in [0.25, 0.3) is 0 Å². The number of hydrogen-bond acceptors (Lipinski definition) is 12. The monoisotopic (exact) mass is 440 g/mol. The Kier molecular flexibility index (Phi) is 5.91. The Labute approximate surface area is 172 Å². The van der Waals surface area contributed by atoms with Crippen molar-refractivity contribution in [2.75, 3.05) is 25.2 Å². The SMILES string of the molecule is CO/N=C(\C(=O)NC1C(=O)N2C(C(=O)O)=C(COC(C)=O)CS[C@@H]12)c1noc(N)n1. The van der Waals surface area contributed by atoms with Gasteiger partial charge in [-0.15, -0.1) is 11.8 Å². The van der Waals surface area contributed by atoms with Gasteiger partial charge in [0.2, 0.25) is 11.5 Å². The van der Waals surface area contributed by atoms with Crippen LogP contribution in [0.5, 0.6) is 0 Å². The van der Waals surface area contributed by atoms with E-state index in [4.69, 9.17) is 10.5 Å². The topological polar surface area (TPSA) is 200 Å². The first-order chi connectivity index (χ1) is 14.2. The number of nitrogens with two attached hydrogens (primary N) is 1. The number of rotatable bonds is 7. The van der Waals surface area contributed by atoms with Gasteiger partial charge in [-0.05, 0) is 0 Å². The molecule has 1 fully saturated rings. The third-order valence-corrected chi connectivity index (χ3v) is 5.38. The maximum Gasteiger partial charge on any atom is 0.352 e. The lowest BCUT2D eigenvalue weighted by Gasteiger charge is -2.49. The number of thioether (sulfide) groups is 1. The van der Waals surface area contributed by atoms with E-state index in [9.17, 15) is 24.3 Å². The molecule has 1 aromatic heterocycles. The zero-order valence-electron chi connectivity index (χ0n) is 15.6. The Morgan fingerprint density at radius 3 is 2.77 bits per heavy atom. The van der Waals surface area contributed by atoms with Crippen molar-refractivity contribution in [1.29, 1.82) is 0 Å². The normalized spacial score (nSPS) is 20.9.